The summed E-state index contributed by atoms with van der Waals surface area (Å²) in [6, 6.07) is 11.6. The number of hydrogen-bond acceptors (Lipinski definition) is 2. The van der Waals surface area contributed by atoms with Gasteiger partial charge in [-0.1, -0.05) is 58.0 Å². The highest BCUT2D eigenvalue weighted by molar-refractivity contribution is 5.25. The molecule has 0 saturated carbocycles. The molecule has 1 aromatic carbocycles. The first kappa shape index (κ1) is 16.5. The van der Waals surface area contributed by atoms with E-state index in [1.807, 2.05) is 0 Å². The van der Waals surface area contributed by atoms with Gasteiger partial charge >= 0.3 is 0 Å². The number of nitrogens with zero attached hydrogens (tertiary/aromatic N) is 1. The van der Waals surface area contributed by atoms with Crippen molar-refractivity contribution in [2.45, 2.75) is 52.6 Å². The van der Waals surface area contributed by atoms with Crippen molar-refractivity contribution in [1.29, 1.82) is 0 Å². The van der Waals surface area contributed by atoms with Crippen LogP contribution in [-0.4, -0.2) is 30.6 Å². The van der Waals surface area contributed by atoms with E-state index in [0.29, 0.717) is 12.0 Å². The van der Waals surface area contributed by atoms with Gasteiger partial charge in [-0.15, -0.1) is 0 Å². The summed E-state index contributed by atoms with van der Waals surface area (Å²) < 4.78 is 0. The van der Waals surface area contributed by atoms with Crippen LogP contribution in [0.25, 0.3) is 0 Å². The van der Waals surface area contributed by atoms with E-state index in [1.54, 1.807) is 0 Å². The summed E-state index contributed by atoms with van der Waals surface area (Å²) in [5, 5.41) is 3.78. The van der Waals surface area contributed by atoms with Gasteiger partial charge < -0.3 is 5.32 Å². The zero-order chi connectivity index (χ0) is 15.5. The molecule has 0 amide bonds. The Bertz CT molecular complexity index is 426. The van der Waals surface area contributed by atoms with Gasteiger partial charge in [0, 0.05) is 19.1 Å². The molecule has 0 spiro atoms. The van der Waals surface area contributed by atoms with Crippen molar-refractivity contribution in [3.05, 3.63) is 35.9 Å². The van der Waals surface area contributed by atoms with Gasteiger partial charge in [-0.3, -0.25) is 4.90 Å². The van der Waals surface area contributed by atoms with E-state index in [1.165, 1.54) is 18.5 Å². The number of piperazine rings is 1. The second-order valence-corrected chi connectivity index (χ2v) is 7.50. The number of rotatable bonds is 5. The van der Waals surface area contributed by atoms with E-state index in [4.69, 9.17) is 0 Å². The SMILES string of the molecule is CC(C)CCN1CC(C(C)C)NCC1(C)c1ccccc1. The molecule has 118 valence electrons. The highest BCUT2D eigenvalue weighted by atomic mass is 15.3. The van der Waals surface area contributed by atoms with Gasteiger partial charge in [-0.05, 0) is 37.3 Å². The molecule has 1 fully saturated rings. The van der Waals surface area contributed by atoms with Crippen molar-refractivity contribution in [1.82, 2.24) is 10.2 Å². The van der Waals surface area contributed by atoms with Crippen LogP contribution >= 0.6 is 0 Å². The Morgan fingerprint density at radius 2 is 1.86 bits per heavy atom. The lowest BCUT2D eigenvalue weighted by atomic mass is 9.85. The Kier molecular flexibility index (Phi) is 5.45. The van der Waals surface area contributed by atoms with E-state index in [2.05, 4.69) is 75.2 Å². The van der Waals surface area contributed by atoms with Gasteiger partial charge in [0.05, 0.1) is 5.54 Å². The van der Waals surface area contributed by atoms with Crippen molar-refractivity contribution in [3.63, 3.8) is 0 Å². The third-order valence-electron chi connectivity index (χ3n) is 5.00. The maximum Gasteiger partial charge on any atom is 0.0558 e. The summed E-state index contributed by atoms with van der Waals surface area (Å²) in [6.07, 6.45) is 1.27. The highest BCUT2D eigenvalue weighted by Gasteiger charge is 2.39. The predicted octanol–water partition coefficient (Wildman–Crippen LogP) is 3.88. The van der Waals surface area contributed by atoms with Gasteiger partial charge in [-0.25, -0.2) is 0 Å². The molecule has 1 saturated heterocycles. The molecular weight excluding hydrogens is 256 g/mol. The first-order valence-corrected chi connectivity index (χ1v) is 8.47. The van der Waals surface area contributed by atoms with Gasteiger partial charge in [-0.2, -0.15) is 0 Å². The van der Waals surface area contributed by atoms with Crippen LogP contribution in [0.1, 0.15) is 46.6 Å². The van der Waals surface area contributed by atoms with E-state index >= 15 is 0 Å². The fraction of sp³-hybridized carbons (Fsp3) is 0.684. The molecule has 0 bridgehead atoms. The maximum atomic E-state index is 3.78. The van der Waals surface area contributed by atoms with Crippen molar-refractivity contribution in [2.75, 3.05) is 19.6 Å². The van der Waals surface area contributed by atoms with Gasteiger partial charge in [0.25, 0.3) is 0 Å². The third-order valence-corrected chi connectivity index (χ3v) is 5.00. The van der Waals surface area contributed by atoms with Crippen molar-refractivity contribution < 1.29 is 0 Å². The molecule has 1 N–H and O–H groups in total. The molecule has 1 aliphatic heterocycles. The van der Waals surface area contributed by atoms with E-state index in [9.17, 15) is 0 Å². The lowest BCUT2D eigenvalue weighted by Gasteiger charge is -2.49. The molecule has 21 heavy (non-hydrogen) atoms. The zero-order valence-electron chi connectivity index (χ0n) is 14.4. The lowest BCUT2D eigenvalue weighted by Crippen LogP contribution is -2.62. The summed E-state index contributed by atoms with van der Waals surface area (Å²) in [5.74, 6) is 1.45. The molecule has 1 aliphatic rings. The molecule has 0 aromatic heterocycles. The minimum atomic E-state index is 0.113. The Balaban J connectivity index is 2.21. The predicted molar refractivity (Wildman–Crippen MR) is 91.5 cm³/mol. The molecule has 1 heterocycles. The third kappa shape index (κ3) is 3.87. The van der Waals surface area contributed by atoms with Crippen LogP contribution < -0.4 is 5.32 Å². The van der Waals surface area contributed by atoms with Crippen molar-refractivity contribution in [2.24, 2.45) is 11.8 Å². The molecule has 0 radical (unpaired) electrons. The normalized spacial score (nSPS) is 27.5. The first-order chi connectivity index (χ1) is 9.93. The minimum absolute atomic E-state index is 0.113. The Hall–Kier alpha value is -0.860. The largest absolute Gasteiger partial charge is 0.310 e. The van der Waals surface area contributed by atoms with E-state index in [-0.39, 0.29) is 5.54 Å². The Morgan fingerprint density at radius 3 is 2.43 bits per heavy atom. The fourth-order valence-corrected chi connectivity index (χ4v) is 3.23. The maximum absolute atomic E-state index is 3.78. The smallest absolute Gasteiger partial charge is 0.0558 e. The monoisotopic (exact) mass is 288 g/mol. The molecule has 0 aliphatic carbocycles. The summed E-state index contributed by atoms with van der Waals surface area (Å²) >= 11 is 0. The van der Waals surface area contributed by atoms with E-state index < -0.39 is 0 Å². The summed E-state index contributed by atoms with van der Waals surface area (Å²) in [6.45, 7) is 15.1. The summed E-state index contributed by atoms with van der Waals surface area (Å²) in [7, 11) is 0. The topological polar surface area (TPSA) is 15.3 Å². The average Bonchev–Trinajstić information content (AvgIpc) is 2.47. The number of hydrogen-bond donors (Lipinski definition) is 1. The Labute approximate surface area is 130 Å². The minimum Gasteiger partial charge on any atom is -0.310 e. The lowest BCUT2D eigenvalue weighted by molar-refractivity contribution is 0.0352. The van der Waals surface area contributed by atoms with Gasteiger partial charge in [0.2, 0.25) is 0 Å². The quantitative estimate of drug-likeness (QED) is 0.884. The molecule has 1 aromatic rings. The van der Waals surface area contributed by atoms with E-state index in [0.717, 1.165) is 19.0 Å². The fourth-order valence-electron chi connectivity index (χ4n) is 3.23. The average molecular weight is 288 g/mol. The van der Waals surface area contributed by atoms with Crippen LogP contribution in [0, 0.1) is 11.8 Å². The molecule has 2 nitrogen and oxygen atoms in total. The van der Waals surface area contributed by atoms with Crippen LogP contribution in [0.3, 0.4) is 0 Å². The molecular formula is C19H32N2. The molecule has 2 atom stereocenters. The first-order valence-electron chi connectivity index (χ1n) is 8.47. The zero-order valence-corrected chi connectivity index (χ0v) is 14.4. The summed E-state index contributed by atoms with van der Waals surface area (Å²) in [5.41, 5.74) is 1.55. The van der Waals surface area contributed by atoms with Gasteiger partial charge in [0.1, 0.15) is 0 Å². The van der Waals surface area contributed by atoms with Crippen molar-refractivity contribution in [3.8, 4) is 0 Å². The van der Waals surface area contributed by atoms with Crippen LogP contribution in [-0.2, 0) is 5.54 Å². The van der Waals surface area contributed by atoms with Crippen LogP contribution in [0.5, 0.6) is 0 Å². The molecule has 2 unspecified atom stereocenters. The summed E-state index contributed by atoms with van der Waals surface area (Å²) in [4.78, 5) is 2.71. The highest BCUT2D eigenvalue weighted by Crippen LogP contribution is 2.32. The second kappa shape index (κ2) is 6.93. The number of nitrogens with one attached hydrogen (secondary N) is 1. The van der Waals surface area contributed by atoms with Gasteiger partial charge in [0.15, 0.2) is 0 Å². The van der Waals surface area contributed by atoms with Crippen LogP contribution in [0.2, 0.25) is 0 Å². The second-order valence-electron chi connectivity index (χ2n) is 7.50. The van der Waals surface area contributed by atoms with Crippen LogP contribution in [0.4, 0.5) is 0 Å². The Morgan fingerprint density at radius 1 is 1.19 bits per heavy atom. The number of benzene rings is 1. The van der Waals surface area contributed by atoms with Crippen molar-refractivity contribution >= 4 is 0 Å². The standard InChI is InChI=1S/C19H32N2/c1-15(2)11-12-21-13-18(16(3)4)20-14-19(21,5)17-9-7-6-8-10-17/h6-10,15-16,18,20H,11-14H2,1-5H3. The molecule has 2 rings (SSSR count). The molecule has 2 heteroatoms. The van der Waals surface area contributed by atoms with Crippen LogP contribution in [0.15, 0.2) is 30.3 Å².